The van der Waals surface area contributed by atoms with Gasteiger partial charge in [0, 0.05) is 20.2 Å². The van der Waals surface area contributed by atoms with Gasteiger partial charge in [0.05, 0.1) is 25.4 Å². The van der Waals surface area contributed by atoms with Crippen molar-refractivity contribution in [2.75, 3.05) is 33.4 Å². The molecule has 1 aliphatic rings. The third kappa shape index (κ3) is 7.23. The second-order valence-corrected chi connectivity index (χ2v) is 7.07. The van der Waals surface area contributed by atoms with Gasteiger partial charge in [-0.15, -0.1) is 0 Å². The summed E-state index contributed by atoms with van der Waals surface area (Å²) in [5.41, 5.74) is 1.12. The minimum absolute atomic E-state index is 0.0934. The Labute approximate surface area is 170 Å². The Morgan fingerprint density at radius 2 is 1.86 bits per heavy atom. The van der Waals surface area contributed by atoms with Crippen molar-refractivity contribution in [3.8, 4) is 11.5 Å². The molecule has 1 aliphatic carbocycles. The van der Waals surface area contributed by atoms with Crippen molar-refractivity contribution in [2.24, 2.45) is 4.99 Å². The highest BCUT2D eigenvalue weighted by Crippen LogP contribution is 2.30. The van der Waals surface area contributed by atoms with Crippen LogP contribution in [0.5, 0.6) is 11.5 Å². The van der Waals surface area contributed by atoms with Gasteiger partial charge in [0.2, 0.25) is 0 Å². The van der Waals surface area contributed by atoms with Gasteiger partial charge < -0.3 is 24.8 Å². The van der Waals surface area contributed by atoms with Crippen LogP contribution >= 0.6 is 0 Å². The molecule has 0 spiro atoms. The van der Waals surface area contributed by atoms with Crippen molar-refractivity contribution >= 4 is 5.96 Å². The smallest absolute Gasteiger partial charge is 0.191 e. The van der Waals surface area contributed by atoms with E-state index in [0.717, 1.165) is 42.6 Å². The maximum atomic E-state index is 5.91. The van der Waals surface area contributed by atoms with Crippen molar-refractivity contribution < 1.29 is 14.2 Å². The topological polar surface area (TPSA) is 64.1 Å². The number of benzene rings is 1. The van der Waals surface area contributed by atoms with Crippen molar-refractivity contribution in [1.29, 1.82) is 0 Å². The second-order valence-electron chi connectivity index (χ2n) is 7.07. The number of hydrogen-bond acceptors (Lipinski definition) is 4. The van der Waals surface area contributed by atoms with E-state index < -0.39 is 0 Å². The van der Waals surface area contributed by atoms with Crippen LogP contribution in [0.25, 0.3) is 0 Å². The number of rotatable bonds is 11. The minimum atomic E-state index is 0.0934. The molecule has 1 unspecified atom stereocenters. The lowest BCUT2D eigenvalue weighted by molar-refractivity contribution is 0.0574. The molecule has 1 saturated carbocycles. The Balaban J connectivity index is 1.80. The molecule has 1 aromatic rings. The van der Waals surface area contributed by atoms with Gasteiger partial charge in [-0.2, -0.15) is 0 Å². The van der Waals surface area contributed by atoms with Gasteiger partial charge in [0.15, 0.2) is 17.5 Å². The number of guanidine groups is 1. The molecule has 28 heavy (non-hydrogen) atoms. The number of ether oxygens (including phenoxy) is 3. The van der Waals surface area contributed by atoms with E-state index in [2.05, 4.69) is 28.6 Å². The average Bonchev–Trinajstić information content (AvgIpc) is 3.22. The molecule has 1 aromatic carbocycles. The van der Waals surface area contributed by atoms with Crippen molar-refractivity contribution in [1.82, 2.24) is 10.6 Å². The van der Waals surface area contributed by atoms with E-state index in [1.54, 1.807) is 7.05 Å². The third-order valence-corrected chi connectivity index (χ3v) is 4.91. The maximum Gasteiger partial charge on any atom is 0.191 e. The Morgan fingerprint density at radius 1 is 1.14 bits per heavy atom. The summed E-state index contributed by atoms with van der Waals surface area (Å²) in [6.45, 7) is 8.94. The molecule has 6 heteroatoms. The Hall–Kier alpha value is -1.95. The molecule has 2 N–H and O–H groups in total. The highest BCUT2D eigenvalue weighted by atomic mass is 16.5. The SMILES string of the molecule is CCOc1ccc(C(C)NC(=NC)NCCCOC2CCCC2)cc1OCC. The lowest BCUT2D eigenvalue weighted by atomic mass is 10.1. The second kappa shape index (κ2) is 12.5. The standard InChI is InChI=1S/C22H37N3O3/c1-5-26-20-13-12-18(16-21(20)27-6-2)17(3)25-22(23-4)24-14-9-15-28-19-10-7-8-11-19/h12-13,16-17,19H,5-11,14-15H2,1-4H3,(H2,23,24,25). The van der Waals surface area contributed by atoms with E-state index in [9.17, 15) is 0 Å². The number of nitrogens with one attached hydrogen (secondary N) is 2. The van der Waals surface area contributed by atoms with Gasteiger partial charge in [0.25, 0.3) is 0 Å². The van der Waals surface area contributed by atoms with Crippen molar-refractivity contribution in [3.63, 3.8) is 0 Å². The van der Waals surface area contributed by atoms with Crippen LogP contribution < -0.4 is 20.1 Å². The lowest BCUT2D eigenvalue weighted by Gasteiger charge is -2.20. The highest BCUT2D eigenvalue weighted by Gasteiger charge is 2.15. The first-order chi connectivity index (χ1) is 13.7. The molecular formula is C22H37N3O3. The molecule has 0 aromatic heterocycles. The third-order valence-electron chi connectivity index (χ3n) is 4.91. The molecular weight excluding hydrogens is 354 g/mol. The minimum Gasteiger partial charge on any atom is -0.490 e. The molecule has 0 heterocycles. The van der Waals surface area contributed by atoms with Crippen LogP contribution in [-0.4, -0.2) is 45.5 Å². The summed E-state index contributed by atoms with van der Waals surface area (Å²) in [5, 5.41) is 6.81. The largest absolute Gasteiger partial charge is 0.490 e. The van der Waals surface area contributed by atoms with Crippen molar-refractivity contribution in [2.45, 2.75) is 65.0 Å². The lowest BCUT2D eigenvalue weighted by Crippen LogP contribution is -2.39. The predicted octanol–water partition coefficient (Wildman–Crippen LogP) is 4.06. The number of nitrogens with zero attached hydrogens (tertiary/aromatic N) is 1. The molecule has 1 atom stereocenters. The normalized spacial score (nSPS) is 16.1. The molecule has 2 rings (SSSR count). The number of aliphatic imine (C=N–C) groups is 1. The first kappa shape index (κ1) is 22.3. The van der Waals surface area contributed by atoms with Crippen LogP contribution in [0.2, 0.25) is 0 Å². The quantitative estimate of drug-likeness (QED) is 0.338. The fourth-order valence-corrected chi connectivity index (χ4v) is 3.40. The summed E-state index contributed by atoms with van der Waals surface area (Å²) in [4.78, 5) is 4.33. The molecule has 0 saturated heterocycles. The molecule has 158 valence electrons. The van der Waals surface area contributed by atoms with Gasteiger partial charge in [0.1, 0.15) is 0 Å². The predicted molar refractivity (Wildman–Crippen MR) is 115 cm³/mol. The molecule has 0 bridgehead atoms. The molecule has 6 nitrogen and oxygen atoms in total. The summed E-state index contributed by atoms with van der Waals surface area (Å²) in [5.74, 6) is 2.35. The van der Waals surface area contributed by atoms with E-state index >= 15 is 0 Å². The van der Waals surface area contributed by atoms with Crippen LogP contribution in [0.3, 0.4) is 0 Å². The van der Waals surface area contributed by atoms with E-state index in [1.165, 1.54) is 25.7 Å². The monoisotopic (exact) mass is 391 g/mol. The summed E-state index contributed by atoms with van der Waals surface area (Å²) in [6, 6.07) is 6.16. The molecule has 1 fully saturated rings. The molecule has 0 amide bonds. The summed E-state index contributed by atoms with van der Waals surface area (Å²) >= 11 is 0. The van der Waals surface area contributed by atoms with Gasteiger partial charge in [-0.05, 0) is 57.7 Å². The Bertz CT molecular complexity index is 601. The van der Waals surface area contributed by atoms with Gasteiger partial charge in [-0.1, -0.05) is 18.9 Å². The van der Waals surface area contributed by atoms with Gasteiger partial charge in [-0.3, -0.25) is 4.99 Å². The Kier molecular flexibility index (Phi) is 9.97. The van der Waals surface area contributed by atoms with E-state index in [4.69, 9.17) is 14.2 Å². The first-order valence-corrected chi connectivity index (χ1v) is 10.7. The summed E-state index contributed by atoms with van der Waals surface area (Å²) in [7, 11) is 1.79. The molecule has 0 aliphatic heterocycles. The van der Waals surface area contributed by atoms with Crippen LogP contribution in [0.15, 0.2) is 23.2 Å². The van der Waals surface area contributed by atoms with Crippen LogP contribution in [0.1, 0.15) is 64.5 Å². The average molecular weight is 392 g/mol. The van der Waals surface area contributed by atoms with Crippen LogP contribution in [0.4, 0.5) is 0 Å². The highest BCUT2D eigenvalue weighted by molar-refractivity contribution is 5.80. The fraction of sp³-hybridized carbons (Fsp3) is 0.682. The van der Waals surface area contributed by atoms with Gasteiger partial charge >= 0.3 is 0 Å². The fourth-order valence-electron chi connectivity index (χ4n) is 3.40. The molecule has 0 radical (unpaired) electrons. The van der Waals surface area contributed by atoms with E-state index in [-0.39, 0.29) is 6.04 Å². The number of hydrogen-bond donors (Lipinski definition) is 2. The van der Waals surface area contributed by atoms with Crippen LogP contribution in [-0.2, 0) is 4.74 Å². The van der Waals surface area contributed by atoms with E-state index in [0.29, 0.717) is 19.3 Å². The summed E-state index contributed by atoms with van der Waals surface area (Å²) < 4.78 is 17.3. The first-order valence-electron chi connectivity index (χ1n) is 10.7. The van der Waals surface area contributed by atoms with Gasteiger partial charge in [-0.25, -0.2) is 0 Å². The van der Waals surface area contributed by atoms with E-state index in [1.807, 2.05) is 26.0 Å². The summed E-state index contributed by atoms with van der Waals surface area (Å²) in [6.07, 6.45) is 6.53. The zero-order valence-electron chi connectivity index (χ0n) is 17.9. The zero-order valence-corrected chi connectivity index (χ0v) is 17.9. The van der Waals surface area contributed by atoms with Crippen LogP contribution in [0, 0.1) is 0 Å². The maximum absolute atomic E-state index is 5.91. The zero-order chi connectivity index (χ0) is 20.2. The van der Waals surface area contributed by atoms with Crippen molar-refractivity contribution in [3.05, 3.63) is 23.8 Å². The Morgan fingerprint density at radius 3 is 2.54 bits per heavy atom.